The summed E-state index contributed by atoms with van der Waals surface area (Å²) in [5.41, 5.74) is 0.908. The van der Waals surface area contributed by atoms with Gasteiger partial charge in [-0.2, -0.15) is 17.5 Å². The smallest absolute Gasteiger partial charge is 0.207 e. The molecular formula is C14H16F3NO2S. The number of benzene rings is 1. The highest BCUT2D eigenvalue weighted by Crippen LogP contribution is 2.52. The minimum absolute atomic E-state index is 0.0184. The zero-order valence-electron chi connectivity index (χ0n) is 11.5. The maximum Gasteiger partial charge on any atom is 0.393 e. The fourth-order valence-corrected chi connectivity index (χ4v) is 5.13. The van der Waals surface area contributed by atoms with E-state index in [1.807, 2.05) is 6.92 Å². The van der Waals surface area contributed by atoms with E-state index in [-0.39, 0.29) is 11.3 Å². The van der Waals surface area contributed by atoms with Crippen molar-refractivity contribution in [3.63, 3.8) is 0 Å². The number of hydrogen-bond acceptors (Lipinski definition) is 2. The fraction of sp³-hybridized carbons (Fsp3) is 0.571. The van der Waals surface area contributed by atoms with Gasteiger partial charge in [0.1, 0.15) is 0 Å². The molecule has 1 aliphatic carbocycles. The summed E-state index contributed by atoms with van der Waals surface area (Å²) in [5.74, 6) is -1.53. The van der Waals surface area contributed by atoms with Gasteiger partial charge in [-0.1, -0.05) is 24.1 Å². The predicted molar refractivity (Wildman–Crippen MR) is 71.2 cm³/mol. The van der Waals surface area contributed by atoms with Crippen molar-refractivity contribution in [2.45, 2.75) is 49.3 Å². The summed E-state index contributed by atoms with van der Waals surface area (Å²) in [5, 5.41) is 0. The fourth-order valence-electron chi connectivity index (χ4n) is 3.27. The number of halogens is 3. The van der Waals surface area contributed by atoms with E-state index < -0.39 is 34.2 Å². The Morgan fingerprint density at radius 2 is 1.76 bits per heavy atom. The Morgan fingerprint density at radius 1 is 1.14 bits per heavy atom. The van der Waals surface area contributed by atoms with Crippen LogP contribution in [0.4, 0.5) is 13.2 Å². The molecule has 4 unspecified atom stereocenters. The van der Waals surface area contributed by atoms with Gasteiger partial charge in [-0.3, -0.25) is 0 Å². The Morgan fingerprint density at radius 3 is 2.33 bits per heavy atom. The minimum atomic E-state index is -4.33. The first-order valence-corrected chi connectivity index (χ1v) is 8.34. The molecule has 116 valence electrons. The summed E-state index contributed by atoms with van der Waals surface area (Å²) in [6.07, 6.45) is -3.38. The van der Waals surface area contributed by atoms with Crippen molar-refractivity contribution in [1.29, 1.82) is 0 Å². The van der Waals surface area contributed by atoms with Gasteiger partial charge in [0.25, 0.3) is 0 Å². The first-order valence-electron chi connectivity index (χ1n) is 6.90. The number of hydrogen-bond donors (Lipinski definition) is 0. The Balaban J connectivity index is 1.90. The predicted octanol–water partition coefficient (Wildman–Crippen LogP) is 3.10. The van der Waals surface area contributed by atoms with Gasteiger partial charge in [0.05, 0.1) is 16.9 Å². The van der Waals surface area contributed by atoms with Crippen LogP contribution in [0.5, 0.6) is 0 Å². The van der Waals surface area contributed by atoms with Crippen LogP contribution in [0.2, 0.25) is 0 Å². The van der Waals surface area contributed by atoms with Crippen molar-refractivity contribution in [2.75, 3.05) is 0 Å². The number of alkyl halides is 3. The van der Waals surface area contributed by atoms with Crippen LogP contribution in [0, 0.1) is 12.8 Å². The van der Waals surface area contributed by atoms with Crippen molar-refractivity contribution >= 4 is 10.0 Å². The van der Waals surface area contributed by atoms with Crippen LogP contribution in [0.15, 0.2) is 29.2 Å². The van der Waals surface area contributed by atoms with Crippen molar-refractivity contribution in [3.05, 3.63) is 29.8 Å². The molecule has 21 heavy (non-hydrogen) atoms. The molecule has 1 aliphatic heterocycles. The molecule has 1 saturated carbocycles. The second-order valence-corrected chi connectivity index (χ2v) is 7.63. The number of rotatable bonds is 2. The van der Waals surface area contributed by atoms with E-state index in [0.29, 0.717) is 12.8 Å². The molecule has 0 spiro atoms. The number of sulfonamides is 1. The van der Waals surface area contributed by atoms with Crippen molar-refractivity contribution in [2.24, 2.45) is 5.92 Å². The summed E-state index contributed by atoms with van der Waals surface area (Å²) in [7, 11) is -3.82. The van der Waals surface area contributed by atoms with Crippen LogP contribution in [-0.2, 0) is 10.0 Å². The zero-order chi connectivity index (χ0) is 15.4. The number of fused-ring (bicyclic) bond motifs is 1. The average molecular weight is 319 g/mol. The summed E-state index contributed by atoms with van der Waals surface area (Å²) in [6.45, 7) is 1.83. The van der Waals surface area contributed by atoms with Crippen molar-refractivity contribution < 1.29 is 21.6 Å². The largest absolute Gasteiger partial charge is 0.393 e. The lowest BCUT2D eigenvalue weighted by atomic mass is 9.89. The number of aryl methyl sites for hydroxylation is 1. The lowest BCUT2D eigenvalue weighted by Crippen LogP contribution is -2.32. The van der Waals surface area contributed by atoms with E-state index in [1.165, 1.54) is 12.1 Å². The van der Waals surface area contributed by atoms with E-state index in [4.69, 9.17) is 0 Å². The Bertz CT molecular complexity index is 639. The summed E-state index contributed by atoms with van der Waals surface area (Å²) in [4.78, 5) is 0.0726. The van der Waals surface area contributed by atoms with Crippen LogP contribution in [0.25, 0.3) is 0 Å². The van der Waals surface area contributed by atoms with Gasteiger partial charge in [-0.15, -0.1) is 0 Å². The molecule has 0 bridgehead atoms. The molecule has 3 rings (SSSR count). The molecular weight excluding hydrogens is 303 g/mol. The molecule has 0 aromatic heterocycles. The molecule has 4 atom stereocenters. The van der Waals surface area contributed by atoms with Gasteiger partial charge in [-0.05, 0) is 31.9 Å². The third kappa shape index (κ3) is 2.46. The van der Waals surface area contributed by atoms with E-state index in [0.717, 1.165) is 9.87 Å². The standard InChI is InChI=1S/C14H16F3NO2S/c1-9-5-7-10(8-6-9)21(19,20)18-12-4-2-3-11(13(12)18)14(15,16)17/h5-8,11-13H,2-4H2,1H3. The highest BCUT2D eigenvalue weighted by Gasteiger charge is 2.65. The van der Waals surface area contributed by atoms with Gasteiger partial charge in [0.2, 0.25) is 10.0 Å². The molecule has 0 amide bonds. The van der Waals surface area contributed by atoms with Crippen molar-refractivity contribution in [1.82, 2.24) is 4.31 Å². The Labute approximate surface area is 121 Å². The molecule has 1 aromatic rings. The van der Waals surface area contributed by atoms with Gasteiger partial charge >= 0.3 is 6.18 Å². The lowest BCUT2D eigenvalue weighted by molar-refractivity contribution is -0.179. The topological polar surface area (TPSA) is 37.1 Å². The SMILES string of the molecule is Cc1ccc(S(=O)(=O)N2C3CCCC(C(F)(F)F)C32)cc1. The van der Waals surface area contributed by atoms with E-state index in [9.17, 15) is 21.6 Å². The maximum atomic E-state index is 13.0. The first kappa shape index (κ1) is 14.8. The van der Waals surface area contributed by atoms with E-state index in [2.05, 4.69) is 0 Å². The normalized spacial score (nSPS) is 32.6. The monoisotopic (exact) mass is 319 g/mol. The third-order valence-corrected chi connectivity index (χ3v) is 6.31. The van der Waals surface area contributed by atoms with Gasteiger partial charge in [0, 0.05) is 6.04 Å². The van der Waals surface area contributed by atoms with Crippen molar-refractivity contribution in [3.8, 4) is 0 Å². The van der Waals surface area contributed by atoms with Gasteiger partial charge in [-0.25, -0.2) is 8.42 Å². The maximum absolute atomic E-state index is 13.0. The molecule has 2 aliphatic rings. The molecule has 1 aromatic carbocycles. The molecule has 3 nitrogen and oxygen atoms in total. The van der Waals surface area contributed by atoms with E-state index >= 15 is 0 Å². The molecule has 7 heteroatoms. The van der Waals surface area contributed by atoms with Crippen LogP contribution in [0.1, 0.15) is 24.8 Å². The zero-order valence-corrected chi connectivity index (χ0v) is 12.3. The van der Waals surface area contributed by atoms with Gasteiger partial charge in [0.15, 0.2) is 0 Å². The second-order valence-electron chi connectivity index (χ2n) is 5.78. The van der Waals surface area contributed by atoms with Gasteiger partial charge < -0.3 is 0 Å². The quantitative estimate of drug-likeness (QED) is 0.786. The molecule has 1 saturated heterocycles. The highest BCUT2D eigenvalue weighted by molar-refractivity contribution is 7.89. The van der Waals surface area contributed by atoms with Crippen LogP contribution in [0.3, 0.4) is 0 Å². The second kappa shape index (κ2) is 4.71. The third-order valence-electron chi connectivity index (χ3n) is 4.37. The Hall–Kier alpha value is -1.08. The van der Waals surface area contributed by atoms with Crippen LogP contribution in [-0.4, -0.2) is 31.0 Å². The minimum Gasteiger partial charge on any atom is -0.207 e. The van der Waals surface area contributed by atoms with Crippen LogP contribution < -0.4 is 0 Å². The number of nitrogens with zero attached hydrogens (tertiary/aromatic N) is 1. The Kier molecular flexibility index (Phi) is 3.33. The molecule has 2 fully saturated rings. The molecule has 1 heterocycles. The summed E-state index contributed by atoms with van der Waals surface area (Å²) >= 11 is 0. The van der Waals surface area contributed by atoms with E-state index in [1.54, 1.807) is 12.1 Å². The molecule has 0 radical (unpaired) electrons. The summed E-state index contributed by atoms with van der Waals surface area (Å²) in [6, 6.07) is 4.82. The summed E-state index contributed by atoms with van der Waals surface area (Å²) < 4.78 is 65.1. The van der Waals surface area contributed by atoms with Crippen LogP contribution >= 0.6 is 0 Å². The highest BCUT2D eigenvalue weighted by atomic mass is 32.2. The molecule has 0 N–H and O–H groups in total. The lowest BCUT2D eigenvalue weighted by Gasteiger charge is -2.22. The average Bonchev–Trinajstić information content (AvgIpc) is 3.12. The first-order chi connectivity index (χ1) is 9.73.